The predicted molar refractivity (Wildman–Crippen MR) is 126 cm³/mol. The highest BCUT2D eigenvalue weighted by Crippen LogP contribution is 2.24. The molecule has 1 aliphatic heterocycles. The summed E-state index contributed by atoms with van der Waals surface area (Å²) in [5.74, 6) is 1.54. The maximum Gasteiger partial charge on any atom is 0.191 e. The topological polar surface area (TPSA) is 78.4 Å². The largest absolute Gasteiger partial charge is 0.492 e. The number of aliphatic hydroxyl groups is 1. The normalized spacial score (nSPS) is 17.2. The molecule has 0 aliphatic carbocycles. The van der Waals surface area contributed by atoms with Gasteiger partial charge in [-0.2, -0.15) is 0 Å². The van der Waals surface area contributed by atoms with E-state index in [0.29, 0.717) is 25.7 Å². The van der Waals surface area contributed by atoms with Crippen LogP contribution in [-0.2, 0) is 16.9 Å². The molecular formula is C23H34N4O3S. The van der Waals surface area contributed by atoms with Gasteiger partial charge in [-0.1, -0.05) is 18.2 Å². The summed E-state index contributed by atoms with van der Waals surface area (Å²) in [5.41, 5.74) is 0.129. The standard InChI is InChI=1S/C23H34N4O3S/c1-3-24-22(26-18-23(2,28)21-8-5-15-31-21)25-17-19-6-4-7-20(16-19)30-14-11-27-9-12-29-13-10-27/h4-8,15-16,28H,3,9-14,17-18H2,1-2H3,(H2,24,25,26). The molecule has 170 valence electrons. The van der Waals surface area contributed by atoms with Gasteiger partial charge >= 0.3 is 0 Å². The molecule has 1 unspecified atom stereocenters. The zero-order valence-corrected chi connectivity index (χ0v) is 19.3. The Morgan fingerprint density at radius 3 is 2.84 bits per heavy atom. The Labute approximate surface area is 189 Å². The van der Waals surface area contributed by atoms with Crippen LogP contribution in [0.1, 0.15) is 24.3 Å². The van der Waals surface area contributed by atoms with Crippen LogP contribution in [-0.4, -0.2) is 68.5 Å². The van der Waals surface area contributed by atoms with Crippen molar-refractivity contribution < 1.29 is 14.6 Å². The minimum Gasteiger partial charge on any atom is -0.492 e. The van der Waals surface area contributed by atoms with E-state index in [-0.39, 0.29) is 0 Å². The first-order valence-electron chi connectivity index (χ1n) is 10.9. The highest BCUT2D eigenvalue weighted by atomic mass is 32.1. The molecule has 0 spiro atoms. The fourth-order valence-electron chi connectivity index (χ4n) is 3.29. The second-order valence-corrected chi connectivity index (χ2v) is 8.70. The monoisotopic (exact) mass is 446 g/mol. The van der Waals surface area contributed by atoms with Crippen LogP contribution < -0.4 is 15.4 Å². The number of nitrogens with one attached hydrogen (secondary N) is 2. The third-order valence-corrected chi connectivity index (χ3v) is 6.22. The molecule has 0 saturated carbocycles. The molecule has 2 heterocycles. The summed E-state index contributed by atoms with van der Waals surface area (Å²) in [6, 6.07) is 12.0. The number of aliphatic imine (C=N–C) groups is 1. The molecule has 0 bridgehead atoms. The van der Waals surface area contributed by atoms with Gasteiger partial charge in [0.15, 0.2) is 5.96 Å². The number of thiophene rings is 1. The minimum absolute atomic E-state index is 0.379. The summed E-state index contributed by atoms with van der Waals surface area (Å²) < 4.78 is 11.3. The van der Waals surface area contributed by atoms with Crippen molar-refractivity contribution in [1.82, 2.24) is 15.5 Å². The van der Waals surface area contributed by atoms with Gasteiger partial charge in [-0.05, 0) is 43.0 Å². The maximum atomic E-state index is 10.7. The molecule has 1 aromatic carbocycles. The SMILES string of the molecule is CCNC(=NCc1cccc(OCCN2CCOCC2)c1)NCC(C)(O)c1cccs1. The minimum atomic E-state index is -0.946. The van der Waals surface area contributed by atoms with E-state index in [1.54, 1.807) is 11.3 Å². The molecule has 3 N–H and O–H groups in total. The van der Waals surface area contributed by atoms with Crippen molar-refractivity contribution in [2.75, 3.05) is 52.5 Å². The van der Waals surface area contributed by atoms with Crippen LogP contribution in [0.4, 0.5) is 0 Å². The molecule has 0 amide bonds. The van der Waals surface area contributed by atoms with E-state index in [4.69, 9.17) is 9.47 Å². The Kier molecular flexibility index (Phi) is 9.14. The first kappa shape index (κ1) is 23.5. The summed E-state index contributed by atoms with van der Waals surface area (Å²) in [6.07, 6.45) is 0. The van der Waals surface area contributed by atoms with Gasteiger partial charge in [0.25, 0.3) is 0 Å². The Hall–Kier alpha value is -2.13. The highest BCUT2D eigenvalue weighted by molar-refractivity contribution is 7.10. The first-order chi connectivity index (χ1) is 15.1. The Morgan fingerprint density at radius 1 is 1.26 bits per heavy atom. The van der Waals surface area contributed by atoms with Gasteiger partial charge in [0.2, 0.25) is 0 Å². The number of hydrogen-bond donors (Lipinski definition) is 3. The summed E-state index contributed by atoms with van der Waals surface area (Å²) >= 11 is 1.55. The van der Waals surface area contributed by atoms with E-state index in [2.05, 4.69) is 20.5 Å². The maximum absolute atomic E-state index is 10.7. The molecule has 0 radical (unpaired) electrons. The molecule has 3 rings (SSSR count). The molecule has 1 atom stereocenters. The van der Waals surface area contributed by atoms with Crippen molar-refractivity contribution in [3.63, 3.8) is 0 Å². The fraction of sp³-hybridized carbons (Fsp3) is 0.522. The third-order valence-electron chi connectivity index (χ3n) is 5.09. The van der Waals surface area contributed by atoms with Crippen molar-refractivity contribution in [3.05, 3.63) is 52.2 Å². The Balaban J connectivity index is 1.51. The second-order valence-electron chi connectivity index (χ2n) is 7.75. The quantitative estimate of drug-likeness (QED) is 0.384. The molecular weight excluding hydrogens is 412 g/mol. The number of hydrogen-bond acceptors (Lipinski definition) is 6. The van der Waals surface area contributed by atoms with Gasteiger partial charge in [-0.15, -0.1) is 11.3 Å². The van der Waals surface area contributed by atoms with Gasteiger partial charge < -0.3 is 25.2 Å². The van der Waals surface area contributed by atoms with E-state index in [0.717, 1.165) is 55.6 Å². The summed E-state index contributed by atoms with van der Waals surface area (Å²) in [4.78, 5) is 7.96. The number of rotatable bonds is 10. The lowest BCUT2D eigenvalue weighted by Crippen LogP contribution is -2.44. The van der Waals surface area contributed by atoms with E-state index >= 15 is 0 Å². The first-order valence-corrected chi connectivity index (χ1v) is 11.7. The lowest BCUT2D eigenvalue weighted by atomic mass is 10.1. The molecule has 2 aromatic rings. The smallest absolute Gasteiger partial charge is 0.191 e. The van der Waals surface area contributed by atoms with Gasteiger partial charge in [0.05, 0.1) is 26.3 Å². The van der Waals surface area contributed by atoms with Crippen molar-refractivity contribution in [1.29, 1.82) is 0 Å². The average molecular weight is 447 g/mol. The number of morpholine rings is 1. The zero-order chi connectivity index (χ0) is 21.9. The number of nitrogens with zero attached hydrogens (tertiary/aromatic N) is 2. The zero-order valence-electron chi connectivity index (χ0n) is 18.5. The number of guanidine groups is 1. The van der Waals surface area contributed by atoms with Crippen molar-refractivity contribution in [2.24, 2.45) is 4.99 Å². The molecule has 7 nitrogen and oxygen atoms in total. The van der Waals surface area contributed by atoms with Crippen LogP contribution in [0, 0.1) is 0 Å². The van der Waals surface area contributed by atoms with Crippen LogP contribution >= 0.6 is 11.3 Å². The molecule has 1 aromatic heterocycles. The van der Waals surface area contributed by atoms with Gasteiger partial charge in [0.1, 0.15) is 18.0 Å². The molecule has 1 saturated heterocycles. The Morgan fingerprint density at radius 2 is 2.10 bits per heavy atom. The molecule has 31 heavy (non-hydrogen) atoms. The van der Waals surface area contributed by atoms with Crippen molar-refractivity contribution in [2.45, 2.75) is 26.0 Å². The van der Waals surface area contributed by atoms with Crippen LogP contribution in [0.2, 0.25) is 0 Å². The molecule has 8 heteroatoms. The average Bonchev–Trinajstić information content (AvgIpc) is 3.33. The summed E-state index contributed by atoms with van der Waals surface area (Å²) in [6.45, 7) is 10.6. The second kappa shape index (κ2) is 12.0. The summed E-state index contributed by atoms with van der Waals surface area (Å²) in [5, 5.41) is 19.2. The predicted octanol–water partition coefficient (Wildman–Crippen LogP) is 2.42. The van der Waals surface area contributed by atoms with E-state index in [9.17, 15) is 5.11 Å². The van der Waals surface area contributed by atoms with Crippen LogP contribution in [0.3, 0.4) is 0 Å². The van der Waals surface area contributed by atoms with E-state index in [1.807, 2.05) is 55.6 Å². The van der Waals surface area contributed by atoms with Gasteiger partial charge in [-0.25, -0.2) is 4.99 Å². The fourth-order valence-corrected chi connectivity index (χ4v) is 4.08. The van der Waals surface area contributed by atoms with E-state index in [1.165, 1.54) is 0 Å². The number of benzene rings is 1. The van der Waals surface area contributed by atoms with Crippen molar-refractivity contribution >= 4 is 17.3 Å². The molecule has 1 fully saturated rings. The Bertz CT molecular complexity index is 805. The lowest BCUT2D eigenvalue weighted by molar-refractivity contribution is 0.0322. The number of ether oxygens (including phenoxy) is 2. The van der Waals surface area contributed by atoms with Crippen LogP contribution in [0.15, 0.2) is 46.8 Å². The molecule has 1 aliphatic rings. The summed E-state index contributed by atoms with van der Waals surface area (Å²) in [7, 11) is 0. The lowest BCUT2D eigenvalue weighted by Gasteiger charge is -2.26. The van der Waals surface area contributed by atoms with Crippen LogP contribution in [0.5, 0.6) is 5.75 Å². The van der Waals surface area contributed by atoms with Crippen LogP contribution in [0.25, 0.3) is 0 Å². The highest BCUT2D eigenvalue weighted by Gasteiger charge is 2.24. The van der Waals surface area contributed by atoms with Crippen molar-refractivity contribution in [3.8, 4) is 5.75 Å². The van der Waals surface area contributed by atoms with Gasteiger partial charge in [-0.3, -0.25) is 4.90 Å². The van der Waals surface area contributed by atoms with Gasteiger partial charge in [0, 0.05) is 31.1 Å². The van der Waals surface area contributed by atoms with E-state index < -0.39 is 5.60 Å². The third kappa shape index (κ3) is 7.81.